The van der Waals surface area contributed by atoms with Gasteiger partial charge in [0, 0.05) is 32.4 Å². The number of benzene rings is 2. The number of likely N-dealkylation sites (N-methyl/N-ethyl adjacent to an activating group) is 1. The Bertz CT molecular complexity index is 867. The zero-order valence-electron chi connectivity index (χ0n) is 20.0. The van der Waals surface area contributed by atoms with Gasteiger partial charge >= 0.3 is 0 Å². The molecule has 7 heteroatoms. The predicted octanol–water partition coefficient (Wildman–Crippen LogP) is 4.44. The Kier molecular flexibility index (Phi) is 10.6. The van der Waals surface area contributed by atoms with Crippen molar-refractivity contribution in [2.75, 3.05) is 52.8 Å². The Balaban J connectivity index is 0.00000363. The number of halogens is 1. The van der Waals surface area contributed by atoms with Crippen LogP contribution >= 0.6 is 24.0 Å². The summed E-state index contributed by atoms with van der Waals surface area (Å²) in [7, 11) is 7.70. The van der Waals surface area contributed by atoms with Crippen molar-refractivity contribution in [3.8, 4) is 5.75 Å². The maximum atomic E-state index is 5.40. The topological polar surface area (TPSA) is 52.1 Å². The fourth-order valence-corrected chi connectivity index (χ4v) is 4.09. The Labute approximate surface area is 210 Å². The maximum absolute atomic E-state index is 5.40. The minimum atomic E-state index is 0. The molecule has 2 aromatic carbocycles. The van der Waals surface area contributed by atoms with Crippen LogP contribution < -0.4 is 20.3 Å². The van der Waals surface area contributed by atoms with E-state index in [1.807, 2.05) is 19.2 Å². The molecule has 0 amide bonds. The molecular weight excluding hydrogens is 513 g/mol. The van der Waals surface area contributed by atoms with Crippen LogP contribution in [0.15, 0.2) is 53.5 Å². The number of guanidine groups is 1. The van der Waals surface area contributed by atoms with E-state index in [4.69, 9.17) is 4.74 Å². The molecule has 176 valence electrons. The molecule has 1 aliphatic heterocycles. The van der Waals surface area contributed by atoms with Crippen LogP contribution in [-0.4, -0.2) is 58.7 Å². The highest BCUT2D eigenvalue weighted by Gasteiger charge is 2.17. The smallest absolute Gasteiger partial charge is 0.191 e. The fourth-order valence-electron chi connectivity index (χ4n) is 4.09. The van der Waals surface area contributed by atoms with Crippen LogP contribution in [-0.2, 0) is 0 Å². The lowest BCUT2D eigenvalue weighted by molar-refractivity contribution is 0.297. The molecule has 1 heterocycles. The molecule has 1 aliphatic rings. The van der Waals surface area contributed by atoms with Crippen LogP contribution in [0, 0.1) is 0 Å². The van der Waals surface area contributed by atoms with Crippen molar-refractivity contribution in [2.24, 2.45) is 4.99 Å². The van der Waals surface area contributed by atoms with Crippen molar-refractivity contribution >= 4 is 35.6 Å². The molecular formula is C25H38IN5O. The number of aliphatic imine (C=N–C) groups is 1. The number of rotatable bonds is 8. The lowest BCUT2D eigenvalue weighted by Gasteiger charge is -2.27. The summed E-state index contributed by atoms with van der Waals surface area (Å²) in [5.74, 6) is 1.67. The van der Waals surface area contributed by atoms with Crippen LogP contribution in [0.5, 0.6) is 5.75 Å². The van der Waals surface area contributed by atoms with Gasteiger partial charge in [0.05, 0.1) is 19.2 Å². The predicted molar refractivity (Wildman–Crippen MR) is 146 cm³/mol. The highest BCUT2D eigenvalue weighted by Crippen LogP contribution is 2.24. The number of methoxy groups -OCH3 is 1. The zero-order chi connectivity index (χ0) is 22.2. The summed E-state index contributed by atoms with van der Waals surface area (Å²) in [5.41, 5.74) is 3.79. The Hall–Kier alpha value is -2.00. The van der Waals surface area contributed by atoms with Crippen molar-refractivity contribution in [1.82, 2.24) is 15.5 Å². The first-order valence-corrected chi connectivity index (χ1v) is 11.1. The van der Waals surface area contributed by atoms with Crippen molar-refractivity contribution in [2.45, 2.75) is 31.8 Å². The van der Waals surface area contributed by atoms with Gasteiger partial charge in [-0.25, -0.2) is 0 Å². The summed E-state index contributed by atoms with van der Waals surface area (Å²) in [5, 5.41) is 7.05. The average Bonchev–Trinajstić information content (AvgIpc) is 3.33. The monoisotopic (exact) mass is 551 g/mol. The van der Waals surface area contributed by atoms with E-state index in [1.165, 1.54) is 29.7 Å². The van der Waals surface area contributed by atoms with E-state index in [9.17, 15) is 0 Å². The molecule has 1 saturated heterocycles. The largest absolute Gasteiger partial charge is 0.497 e. The summed E-state index contributed by atoms with van der Waals surface area (Å²) < 4.78 is 5.40. The second-order valence-electron chi connectivity index (χ2n) is 8.36. The third-order valence-electron chi connectivity index (χ3n) is 5.98. The third-order valence-corrected chi connectivity index (χ3v) is 5.98. The number of hydrogen-bond acceptors (Lipinski definition) is 4. The number of anilines is 1. The average molecular weight is 552 g/mol. The van der Waals surface area contributed by atoms with Crippen molar-refractivity contribution in [3.05, 3.63) is 59.7 Å². The summed E-state index contributed by atoms with van der Waals surface area (Å²) in [6.45, 7) is 5.23. The van der Waals surface area contributed by atoms with Crippen LogP contribution in [0.1, 0.15) is 43.0 Å². The second kappa shape index (κ2) is 12.9. The van der Waals surface area contributed by atoms with E-state index >= 15 is 0 Å². The molecule has 1 fully saturated rings. The van der Waals surface area contributed by atoms with Crippen LogP contribution in [0.3, 0.4) is 0 Å². The van der Waals surface area contributed by atoms with E-state index in [-0.39, 0.29) is 36.1 Å². The van der Waals surface area contributed by atoms with Gasteiger partial charge < -0.3 is 25.2 Å². The van der Waals surface area contributed by atoms with Gasteiger partial charge in [-0.2, -0.15) is 0 Å². The van der Waals surface area contributed by atoms with E-state index in [0.717, 1.165) is 31.3 Å². The lowest BCUT2D eigenvalue weighted by Crippen LogP contribution is -2.42. The molecule has 2 atom stereocenters. The van der Waals surface area contributed by atoms with Gasteiger partial charge in [0.2, 0.25) is 0 Å². The number of nitrogens with zero attached hydrogens (tertiary/aromatic N) is 3. The normalized spacial score (nSPS) is 15.8. The van der Waals surface area contributed by atoms with E-state index < -0.39 is 0 Å². The van der Waals surface area contributed by atoms with Crippen LogP contribution in [0.4, 0.5) is 5.69 Å². The summed E-state index contributed by atoms with van der Waals surface area (Å²) in [6.07, 6.45) is 2.57. The minimum Gasteiger partial charge on any atom is -0.497 e. The first-order valence-electron chi connectivity index (χ1n) is 11.1. The Morgan fingerprint density at radius 3 is 2.44 bits per heavy atom. The van der Waals surface area contributed by atoms with Gasteiger partial charge in [-0.05, 0) is 69.3 Å². The molecule has 3 rings (SSSR count). The molecule has 6 nitrogen and oxygen atoms in total. The van der Waals surface area contributed by atoms with E-state index in [2.05, 4.69) is 82.8 Å². The molecule has 32 heavy (non-hydrogen) atoms. The van der Waals surface area contributed by atoms with Gasteiger partial charge in [0.25, 0.3) is 0 Å². The molecule has 0 saturated carbocycles. The van der Waals surface area contributed by atoms with Gasteiger partial charge in [-0.15, -0.1) is 24.0 Å². The number of nitrogens with one attached hydrogen (secondary N) is 2. The fraction of sp³-hybridized carbons (Fsp3) is 0.480. The molecule has 0 spiro atoms. The van der Waals surface area contributed by atoms with E-state index in [0.29, 0.717) is 0 Å². The zero-order valence-corrected chi connectivity index (χ0v) is 22.3. The van der Waals surface area contributed by atoms with Gasteiger partial charge in [0.15, 0.2) is 5.96 Å². The SMILES string of the molecule is CN=C(NCC(c1cccc(OC)c1)N(C)C)NC(C)c1cccc(N2CCCC2)c1.I. The van der Waals surface area contributed by atoms with Gasteiger partial charge in [0.1, 0.15) is 5.75 Å². The molecule has 0 aromatic heterocycles. The van der Waals surface area contributed by atoms with Crippen LogP contribution in [0.2, 0.25) is 0 Å². The molecule has 2 N–H and O–H groups in total. The summed E-state index contributed by atoms with van der Waals surface area (Å²) in [4.78, 5) is 9.13. The second-order valence-corrected chi connectivity index (χ2v) is 8.36. The molecule has 0 bridgehead atoms. The van der Waals surface area contributed by atoms with Crippen molar-refractivity contribution in [1.29, 1.82) is 0 Å². The standard InChI is InChI=1S/C25H37N5O.HI/c1-19(20-10-8-12-22(16-20)30-14-6-7-15-30)28-25(26-2)27-18-24(29(3)4)21-11-9-13-23(17-21)31-5;/h8-13,16-17,19,24H,6-7,14-15,18H2,1-5H3,(H2,26,27,28);1H. The lowest BCUT2D eigenvalue weighted by atomic mass is 10.1. The van der Waals surface area contributed by atoms with Crippen LogP contribution in [0.25, 0.3) is 0 Å². The van der Waals surface area contributed by atoms with Gasteiger partial charge in [-0.1, -0.05) is 24.3 Å². The molecule has 2 aromatic rings. The first-order chi connectivity index (χ1) is 15.0. The number of ether oxygens (including phenoxy) is 1. The third kappa shape index (κ3) is 7.00. The van der Waals surface area contributed by atoms with Crippen molar-refractivity contribution < 1.29 is 4.74 Å². The summed E-state index contributed by atoms with van der Waals surface area (Å²) in [6, 6.07) is 17.4. The summed E-state index contributed by atoms with van der Waals surface area (Å²) >= 11 is 0. The highest BCUT2D eigenvalue weighted by atomic mass is 127. The highest BCUT2D eigenvalue weighted by molar-refractivity contribution is 14.0. The maximum Gasteiger partial charge on any atom is 0.191 e. The molecule has 0 radical (unpaired) electrons. The van der Waals surface area contributed by atoms with Crippen molar-refractivity contribution in [3.63, 3.8) is 0 Å². The quantitative estimate of drug-likeness (QED) is 0.289. The molecule has 2 unspecified atom stereocenters. The molecule has 0 aliphatic carbocycles. The van der Waals surface area contributed by atoms with E-state index in [1.54, 1.807) is 7.11 Å². The minimum absolute atomic E-state index is 0. The first kappa shape index (κ1) is 26.3. The van der Waals surface area contributed by atoms with Gasteiger partial charge in [-0.3, -0.25) is 4.99 Å². The Morgan fingerprint density at radius 2 is 1.78 bits per heavy atom. The Morgan fingerprint density at radius 1 is 1.09 bits per heavy atom. The number of hydrogen-bond donors (Lipinski definition) is 2.